The number of carbonyl (C=O) groups is 2. The molecule has 8 nitrogen and oxygen atoms in total. The van der Waals surface area contributed by atoms with Crippen LogP contribution in [0.4, 0.5) is 9.18 Å². The van der Waals surface area contributed by atoms with Crippen molar-refractivity contribution in [3.8, 4) is 0 Å². The van der Waals surface area contributed by atoms with Crippen LogP contribution in [0.5, 0.6) is 0 Å². The molecule has 196 valence electrons. The molecule has 0 aromatic heterocycles. The Kier molecular flexibility index (Phi) is 8.16. The normalized spacial score (nSPS) is 23.7. The number of nitrogens with zero attached hydrogens (tertiary/aromatic N) is 2. The topological polar surface area (TPSA) is 96.0 Å². The van der Waals surface area contributed by atoms with Crippen molar-refractivity contribution in [3.63, 3.8) is 0 Å². The van der Waals surface area contributed by atoms with E-state index in [1.54, 1.807) is 27.8 Å². The molecule has 0 radical (unpaired) electrons. The minimum atomic E-state index is -3.82. The first-order chi connectivity index (χ1) is 16.2. The number of nitrogens with one attached hydrogen (secondary N) is 1. The van der Waals surface area contributed by atoms with E-state index in [9.17, 15) is 22.4 Å². The predicted octanol–water partition coefficient (Wildman–Crippen LogP) is 3.62. The van der Waals surface area contributed by atoms with Gasteiger partial charge in [0.2, 0.25) is 15.9 Å². The van der Waals surface area contributed by atoms with E-state index in [4.69, 9.17) is 4.74 Å². The Hall–Kier alpha value is -2.20. The molecule has 35 heavy (non-hydrogen) atoms. The summed E-state index contributed by atoms with van der Waals surface area (Å²) in [7, 11) is -2.25. The molecule has 1 aromatic rings. The number of amides is 2. The van der Waals surface area contributed by atoms with Crippen molar-refractivity contribution >= 4 is 22.0 Å². The van der Waals surface area contributed by atoms with Crippen molar-refractivity contribution in [3.05, 3.63) is 30.1 Å². The molecule has 4 atom stereocenters. The number of carbonyl (C=O) groups excluding carboxylic acids is 2. The van der Waals surface area contributed by atoms with Crippen molar-refractivity contribution in [2.75, 3.05) is 20.1 Å². The predicted molar refractivity (Wildman–Crippen MR) is 131 cm³/mol. The molecule has 2 amide bonds. The fourth-order valence-electron chi connectivity index (χ4n) is 5.00. The van der Waals surface area contributed by atoms with Gasteiger partial charge in [-0.25, -0.2) is 17.6 Å². The molecule has 1 heterocycles. The summed E-state index contributed by atoms with van der Waals surface area (Å²) in [5.41, 5.74) is -0.677. The van der Waals surface area contributed by atoms with E-state index in [1.165, 1.54) is 27.4 Å². The van der Waals surface area contributed by atoms with Crippen molar-refractivity contribution < 1.29 is 27.1 Å². The smallest absolute Gasteiger partial charge is 0.410 e. The average molecular weight is 512 g/mol. The van der Waals surface area contributed by atoms with Gasteiger partial charge in [0.1, 0.15) is 17.5 Å². The highest BCUT2D eigenvalue weighted by Gasteiger charge is 2.47. The molecule has 3 rings (SSSR count). The highest BCUT2D eigenvalue weighted by atomic mass is 32.2. The van der Waals surface area contributed by atoms with E-state index in [0.717, 1.165) is 18.9 Å². The first-order valence-corrected chi connectivity index (χ1v) is 13.6. The molecule has 1 saturated heterocycles. The van der Waals surface area contributed by atoms with Crippen molar-refractivity contribution in [2.45, 2.75) is 76.5 Å². The van der Waals surface area contributed by atoms with Crippen LogP contribution < -0.4 is 5.32 Å². The number of benzene rings is 1. The monoisotopic (exact) mass is 511 g/mol. The molecule has 0 spiro atoms. The number of hydrogen-bond donors (Lipinski definition) is 1. The summed E-state index contributed by atoms with van der Waals surface area (Å²) in [5.74, 6) is -0.597. The summed E-state index contributed by atoms with van der Waals surface area (Å²) in [6.07, 6.45) is 1.46. The summed E-state index contributed by atoms with van der Waals surface area (Å²) in [5, 5.41) is 3.11. The Morgan fingerprint density at radius 3 is 2.51 bits per heavy atom. The van der Waals surface area contributed by atoms with Gasteiger partial charge in [0.15, 0.2) is 0 Å². The van der Waals surface area contributed by atoms with Crippen LogP contribution in [0, 0.1) is 23.6 Å². The zero-order valence-corrected chi connectivity index (χ0v) is 22.3. The first kappa shape index (κ1) is 27.4. The molecule has 2 fully saturated rings. The van der Waals surface area contributed by atoms with Gasteiger partial charge in [-0.2, -0.15) is 4.31 Å². The molecule has 1 aromatic carbocycles. The van der Waals surface area contributed by atoms with Crippen LogP contribution >= 0.6 is 0 Å². The van der Waals surface area contributed by atoms with Crippen LogP contribution in [0.1, 0.15) is 53.9 Å². The SMILES string of the molecule is CC(C)C[C@@H](C(=O)N[C@@H]1CC[C@H]2CN(S(=O)(=O)c3cccc(F)c3)C[C@H]21)N(C)C(=O)OC(C)(C)C. The maximum absolute atomic E-state index is 13.6. The maximum atomic E-state index is 13.6. The van der Waals surface area contributed by atoms with Gasteiger partial charge in [-0.05, 0) is 76.0 Å². The second-order valence-electron chi connectivity index (χ2n) is 11.1. The molecule has 1 N–H and O–H groups in total. The fraction of sp³-hybridized carbons (Fsp3) is 0.680. The van der Waals surface area contributed by atoms with Crippen LogP contribution in [0.15, 0.2) is 29.2 Å². The number of fused-ring (bicyclic) bond motifs is 1. The Morgan fingerprint density at radius 1 is 1.23 bits per heavy atom. The fourth-order valence-corrected chi connectivity index (χ4v) is 6.57. The number of likely N-dealkylation sites (N-methyl/N-ethyl adjacent to an activating group) is 1. The number of halogens is 1. The molecule has 2 aliphatic rings. The molecule has 1 aliphatic heterocycles. The van der Waals surface area contributed by atoms with E-state index in [2.05, 4.69) is 5.32 Å². The van der Waals surface area contributed by atoms with E-state index in [0.29, 0.717) is 13.0 Å². The highest BCUT2D eigenvalue weighted by Crippen LogP contribution is 2.40. The average Bonchev–Trinajstić information content (AvgIpc) is 3.32. The minimum Gasteiger partial charge on any atom is -0.444 e. The molecule has 10 heteroatoms. The third kappa shape index (κ3) is 6.52. The number of ether oxygens (including phenoxy) is 1. The van der Waals surface area contributed by atoms with E-state index in [1.807, 2.05) is 13.8 Å². The van der Waals surface area contributed by atoms with Gasteiger partial charge < -0.3 is 10.1 Å². The molecular formula is C25H38FN3O5S. The van der Waals surface area contributed by atoms with E-state index in [-0.39, 0.29) is 41.1 Å². The lowest BCUT2D eigenvalue weighted by Crippen LogP contribution is -2.52. The van der Waals surface area contributed by atoms with Gasteiger partial charge in [0, 0.05) is 26.2 Å². The van der Waals surface area contributed by atoms with Gasteiger partial charge in [0.05, 0.1) is 4.90 Å². The number of rotatable bonds is 7. The van der Waals surface area contributed by atoms with Crippen molar-refractivity contribution in [1.82, 2.24) is 14.5 Å². The summed E-state index contributed by atoms with van der Waals surface area (Å²) < 4.78 is 46.6. The maximum Gasteiger partial charge on any atom is 0.410 e. The lowest BCUT2D eigenvalue weighted by Gasteiger charge is -2.32. The van der Waals surface area contributed by atoms with Gasteiger partial charge in [-0.1, -0.05) is 19.9 Å². The summed E-state index contributed by atoms with van der Waals surface area (Å²) in [6, 6.07) is 4.14. The number of hydrogen-bond acceptors (Lipinski definition) is 5. The van der Waals surface area contributed by atoms with Crippen LogP contribution in [0.3, 0.4) is 0 Å². The Morgan fingerprint density at radius 2 is 1.91 bits per heavy atom. The van der Waals surface area contributed by atoms with Crippen molar-refractivity contribution in [2.24, 2.45) is 17.8 Å². The lowest BCUT2D eigenvalue weighted by atomic mass is 9.96. The summed E-state index contributed by atoms with van der Waals surface area (Å²) in [6.45, 7) is 9.92. The molecule has 1 saturated carbocycles. The highest BCUT2D eigenvalue weighted by molar-refractivity contribution is 7.89. The zero-order chi connectivity index (χ0) is 26.1. The van der Waals surface area contributed by atoms with Gasteiger partial charge in [-0.15, -0.1) is 0 Å². The van der Waals surface area contributed by atoms with Crippen molar-refractivity contribution in [1.29, 1.82) is 0 Å². The third-order valence-corrected chi connectivity index (χ3v) is 8.56. The summed E-state index contributed by atoms with van der Waals surface area (Å²) >= 11 is 0. The van der Waals surface area contributed by atoms with E-state index >= 15 is 0 Å². The van der Waals surface area contributed by atoms with Gasteiger partial charge >= 0.3 is 6.09 Å². The van der Waals surface area contributed by atoms with Gasteiger partial charge in [0.25, 0.3) is 0 Å². The Bertz CT molecular complexity index is 1040. The Labute approximate surface area is 208 Å². The van der Waals surface area contributed by atoms with Crippen LogP contribution in [0.2, 0.25) is 0 Å². The van der Waals surface area contributed by atoms with Crippen LogP contribution in [0.25, 0.3) is 0 Å². The summed E-state index contributed by atoms with van der Waals surface area (Å²) in [4.78, 5) is 27.3. The molecule has 1 aliphatic carbocycles. The standard InChI is InChI=1S/C25H38FN3O5S/c1-16(2)12-22(28(6)24(31)34-25(3,4)5)23(30)27-21-11-10-17-14-29(15-20(17)21)35(32,33)19-9-7-8-18(26)13-19/h7-9,13,16-17,20-22H,10-12,14-15H2,1-6H3,(H,27,30)/t17-,20+,21+,22-/m0/s1. The second-order valence-corrected chi connectivity index (χ2v) is 13.1. The zero-order valence-electron chi connectivity index (χ0n) is 21.5. The first-order valence-electron chi connectivity index (χ1n) is 12.2. The molecule has 0 unspecified atom stereocenters. The number of sulfonamides is 1. The van der Waals surface area contributed by atoms with Crippen LogP contribution in [-0.4, -0.2) is 67.4 Å². The minimum absolute atomic E-state index is 0.0335. The molecule has 0 bridgehead atoms. The van der Waals surface area contributed by atoms with Crippen LogP contribution in [-0.2, 0) is 19.6 Å². The third-order valence-electron chi connectivity index (χ3n) is 6.73. The lowest BCUT2D eigenvalue weighted by molar-refractivity contribution is -0.127. The quantitative estimate of drug-likeness (QED) is 0.603. The Balaban J connectivity index is 1.70. The second kappa shape index (κ2) is 10.4. The largest absolute Gasteiger partial charge is 0.444 e. The van der Waals surface area contributed by atoms with E-state index < -0.39 is 33.6 Å². The molecular weight excluding hydrogens is 473 g/mol. The van der Waals surface area contributed by atoms with Gasteiger partial charge in [-0.3, -0.25) is 9.69 Å².